The Morgan fingerprint density at radius 2 is 1.71 bits per heavy atom. The van der Waals surface area contributed by atoms with Crippen molar-refractivity contribution in [3.8, 4) is 17.2 Å². The molecule has 5 nitrogen and oxygen atoms in total. The van der Waals surface area contributed by atoms with Crippen molar-refractivity contribution in [2.45, 2.75) is 92.5 Å². The molecule has 0 saturated heterocycles. The Labute approximate surface area is 211 Å². The van der Waals surface area contributed by atoms with Gasteiger partial charge in [0.1, 0.15) is 12.4 Å². The van der Waals surface area contributed by atoms with E-state index in [1.165, 1.54) is 24.0 Å². The van der Waals surface area contributed by atoms with Crippen LogP contribution in [0.1, 0.15) is 86.0 Å². The molecular formula is C30H45NO4. The van der Waals surface area contributed by atoms with E-state index < -0.39 is 0 Å². The third kappa shape index (κ3) is 8.79. The summed E-state index contributed by atoms with van der Waals surface area (Å²) < 4.78 is 19.5. The quantitative estimate of drug-likeness (QED) is 0.180. The zero-order chi connectivity index (χ0) is 25.6. The minimum Gasteiger partial charge on any atom is -0.492 e. The molecule has 5 heteroatoms. The maximum atomic E-state index is 13.5. The number of allylic oxidation sites excluding steroid dienone is 3. The van der Waals surface area contributed by atoms with Crippen LogP contribution in [0.5, 0.6) is 17.2 Å². The molecule has 0 radical (unpaired) electrons. The van der Waals surface area contributed by atoms with Gasteiger partial charge in [0.15, 0.2) is 5.75 Å². The van der Waals surface area contributed by atoms with Crippen LogP contribution in [0.25, 0.3) is 10.9 Å². The standard InChI is InChI=1S/C30H45NO4/c1-7-9-11-12-20-35-29-28(33-6)26-17-16-25(22-27(26)31(30(29)32)19-10-8-2)34-21-18-24(5)15-13-14-23(3)4/h14,16-18,22H,7-13,15,19-21H2,1-6H3/b24-18+. The van der Waals surface area contributed by atoms with Crippen LogP contribution in [0.4, 0.5) is 0 Å². The first kappa shape index (κ1) is 28.5. The van der Waals surface area contributed by atoms with Gasteiger partial charge in [0.25, 0.3) is 5.56 Å². The second-order valence-corrected chi connectivity index (χ2v) is 9.44. The molecule has 0 N–H and O–H groups in total. The largest absolute Gasteiger partial charge is 0.492 e. The van der Waals surface area contributed by atoms with Gasteiger partial charge in [0.05, 0.1) is 19.2 Å². The second kappa shape index (κ2) is 15.3. The molecular weight excluding hydrogens is 438 g/mol. The summed E-state index contributed by atoms with van der Waals surface area (Å²) in [5, 5.41) is 0.868. The number of aromatic nitrogens is 1. The van der Waals surface area contributed by atoms with E-state index in [0.717, 1.165) is 55.2 Å². The molecule has 35 heavy (non-hydrogen) atoms. The summed E-state index contributed by atoms with van der Waals surface area (Å²) in [4.78, 5) is 13.5. The third-order valence-corrected chi connectivity index (χ3v) is 6.11. The fourth-order valence-electron chi connectivity index (χ4n) is 4.01. The molecule has 194 valence electrons. The molecule has 0 aliphatic rings. The maximum absolute atomic E-state index is 13.5. The Bertz CT molecular complexity index is 1040. The molecule has 0 aliphatic heterocycles. The highest BCUT2D eigenvalue weighted by Crippen LogP contribution is 2.34. The van der Waals surface area contributed by atoms with Crippen LogP contribution in [0, 0.1) is 0 Å². The molecule has 0 bridgehead atoms. The fourth-order valence-corrected chi connectivity index (χ4v) is 4.01. The van der Waals surface area contributed by atoms with E-state index in [1.54, 1.807) is 7.11 Å². The Hall–Kier alpha value is -2.69. The Balaban J connectivity index is 2.30. The Morgan fingerprint density at radius 3 is 2.40 bits per heavy atom. The molecule has 0 spiro atoms. The van der Waals surface area contributed by atoms with Crippen LogP contribution in [-0.2, 0) is 6.54 Å². The van der Waals surface area contributed by atoms with Crippen LogP contribution >= 0.6 is 0 Å². The number of benzene rings is 1. The minimum atomic E-state index is -0.134. The van der Waals surface area contributed by atoms with E-state index in [-0.39, 0.29) is 5.56 Å². The van der Waals surface area contributed by atoms with Gasteiger partial charge in [-0.2, -0.15) is 0 Å². The first-order valence-corrected chi connectivity index (χ1v) is 13.2. The van der Waals surface area contributed by atoms with E-state index in [9.17, 15) is 4.79 Å². The normalized spacial score (nSPS) is 11.5. The first-order valence-electron chi connectivity index (χ1n) is 13.2. The van der Waals surface area contributed by atoms with Gasteiger partial charge in [-0.25, -0.2) is 0 Å². The highest BCUT2D eigenvalue weighted by molar-refractivity contribution is 5.89. The Kier molecular flexibility index (Phi) is 12.5. The van der Waals surface area contributed by atoms with Crippen molar-refractivity contribution in [2.24, 2.45) is 0 Å². The highest BCUT2D eigenvalue weighted by Gasteiger charge is 2.19. The molecule has 1 heterocycles. The van der Waals surface area contributed by atoms with Gasteiger partial charge < -0.3 is 18.8 Å². The molecule has 0 saturated carbocycles. The van der Waals surface area contributed by atoms with Crippen LogP contribution in [0.15, 0.2) is 46.3 Å². The molecule has 2 aromatic rings. The first-order chi connectivity index (χ1) is 16.9. The minimum absolute atomic E-state index is 0.134. The van der Waals surface area contributed by atoms with E-state index in [4.69, 9.17) is 14.2 Å². The summed E-state index contributed by atoms with van der Waals surface area (Å²) in [5.41, 5.74) is 3.34. The molecule has 0 amide bonds. The maximum Gasteiger partial charge on any atom is 0.297 e. The Morgan fingerprint density at radius 1 is 0.943 bits per heavy atom. The van der Waals surface area contributed by atoms with E-state index in [2.05, 4.69) is 46.8 Å². The van der Waals surface area contributed by atoms with Crippen LogP contribution < -0.4 is 19.8 Å². The fraction of sp³-hybridized carbons (Fsp3) is 0.567. The summed E-state index contributed by atoms with van der Waals surface area (Å²) >= 11 is 0. The number of fused-ring (bicyclic) bond motifs is 1. The molecule has 2 rings (SSSR count). The van der Waals surface area contributed by atoms with E-state index >= 15 is 0 Å². The lowest BCUT2D eigenvalue weighted by atomic mass is 10.1. The van der Waals surface area contributed by atoms with E-state index in [0.29, 0.717) is 31.3 Å². The molecule has 0 atom stereocenters. The molecule has 1 aromatic carbocycles. The summed E-state index contributed by atoms with van der Waals surface area (Å²) in [6, 6.07) is 5.86. The SMILES string of the molecule is CCCCCCOc1c(OC)c2ccc(OC/C=C(\C)CCC=C(C)C)cc2n(CCCC)c1=O. The zero-order valence-electron chi connectivity index (χ0n) is 22.7. The summed E-state index contributed by atoms with van der Waals surface area (Å²) in [5.74, 6) is 1.57. The van der Waals surface area contributed by atoms with Crippen molar-refractivity contribution in [1.29, 1.82) is 0 Å². The van der Waals surface area contributed by atoms with Crippen molar-refractivity contribution in [2.75, 3.05) is 20.3 Å². The van der Waals surface area contributed by atoms with Crippen LogP contribution in [0.2, 0.25) is 0 Å². The number of aryl methyl sites for hydroxylation is 1. The number of pyridine rings is 1. The zero-order valence-corrected chi connectivity index (χ0v) is 22.7. The van der Waals surface area contributed by atoms with Gasteiger partial charge in [-0.15, -0.1) is 0 Å². The predicted octanol–water partition coefficient (Wildman–Crippen LogP) is 7.84. The topological polar surface area (TPSA) is 49.7 Å². The lowest BCUT2D eigenvalue weighted by Crippen LogP contribution is -2.24. The number of unbranched alkanes of at least 4 members (excludes halogenated alkanes) is 4. The van der Waals surface area contributed by atoms with Crippen LogP contribution in [-0.4, -0.2) is 24.9 Å². The number of hydrogen-bond acceptors (Lipinski definition) is 4. The number of ether oxygens (including phenoxy) is 3. The number of methoxy groups -OCH3 is 1. The molecule has 1 aromatic heterocycles. The number of nitrogens with zero attached hydrogens (tertiary/aromatic N) is 1. The average molecular weight is 484 g/mol. The lowest BCUT2D eigenvalue weighted by Gasteiger charge is -2.18. The van der Waals surface area contributed by atoms with Crippen molar-refractivity contribution < 1.29 is 14.2 Å². The van der Waals surface area contributed by atoms with Gasteiger partial charge in [-0.1, -0.05) is 56.8 Å². The van der Waals surface area contributed by atoms with Crippen molar-refractivity contribution in [3.63, 3.8) is 0 Å². The lowest BCUT2D eigenvalue weighted by molar-refractivity contribution is 0.280. The summed E-state index contributed by atoms with van der Waals surface area (Å²) in [6.07, 6.45) is 12.7. The average Bonchev–Trinajstić information content (AvgIpc) is 2.83. The summed E-state index contributed by atoms with van der Waals surface area (Å²) in [6.45, 7) is 12.4. The van der Waals surface area contributed by atoms with Crippen LogP contribution in [0.3, 0.4) is 0 Å². The van der Waals surface area contributed by atoms with Crippen molar-refractivity contribution >= 4 is 10.9 Å². The van der Waals surface area contributed by atoms with Crippen molar-refractivity contribution in [3.05, 3.63) is 51.9 Å². The van der Waals surface area contributed by atoms with Gasteiger partial charge in [0, 0.05) is 18.0 Å². The highest BCUT2D eigenvalue weighted by atomic mass is 16.5. The predicted molar refractivity (Wildman–Crippen MR) is 147 cm³/mol. The third-order valence-electron chi connectivity index (χ3n) is 6.11. The van der Waals surface area contributed by atoms with Gasteiger partial charge in [0.2, 0.25) is 5.75 Å². The molecule has 0 fully saturated rings. The number of hydrogen-bond donors (Lipinski definition) is 0. The number of rotatable bonds is 16. The van der Waals surface area contributed by atoms with Crippen molar-refractivity contribution in [1.82, 2.24) is 4.57 Å². The van der Waals surface area contributed by atoms with Gasteiger partial charge >= 0.3 is 0 Å². The second-order valence-electron chi connectivity index (χ2n) is 9.44. The van der Waals surface area contributed by atoms with Gasteiger partial charge in [-0.05, 0) is 64.7 Å². The summed E-state index contributed by atoms with van der Waals surface area (Å²) in [7, 11) is 1.60. The molecule has 0 unspecified atom stereocenters. The monoisotopic (exact) mass is 483 g/mol. The van der Waals surface area contributed by atoms with Gasteiger partial charge in [-0.3, -0.25) is 4.79 Å². The smallest absolute Gasteiger partial charge is 0.297 e. The van der Waals surface area contributed by atoms with E-state index in [1.807, 2.05) is 22.8 Å². The molecule has 0 aliphatic carbocycles.